The van der Waals surface area contributed by atoms with Crippen molar-refractivity contribution in [1.82, 2.24) is 19.9 Å². The van der Waals surface area contributed by atoms with Crippen molar-refractivity contribution in [3.05, 3.63) is 47.8 Å². The number of hydrogen-bond acceptors (Lipinski definition) is 5. The largest absolute Gasteiger partial charge is 0.477 e. The van der Waals surface area contributed by atoms with E-state index < -0.39 is 5.97 Å². The van der Waals surface area contributed by atoms with E-state index in [1.165, 1.54) is 18.3 Å². The number of rotatable bonds is 5. The summed E-state index contributed by atoms with van der Waals surface area (Å²) in [5, 5.41) is 11.9. The molecule has 0 radical (unpaired) electrons. The number of aromatic nitrogens is 3. The molecule has 25 heavy (non-hydrogen) atoms. The average Bonchev–Trinajstić information content (AvgIpc) is 3.06. The molecule has 132 valence electrons. The Kier molecular flexibility index (Phi) is 5.08. The number of nitrogens with zero attached hydrogens (tertiary/aromatic N) is 3. The molecule has 1 aliphatic heterocycles. The molecule has 0 aromatic carbocycles. The lowest BCUT2D eigenvalue weighted by Crippen LogP contribution is -2.37. The normalized spacial score (nSPS) is 16.4. The second-order valence-corrected chi connectivity index (χ2v) is 6.03. The predicted molar refractivity (Wildman–Crippen MR) is 88.2 cm³/mol. The molecule has 1 fully saturated rings. The number of carbonyl (C=O) groups is 2. The van der Waals surface area contributed by atoms with Crippen LogP contribution >= 0.6 is 0 Å². The summed E-state index contributed by atoms with van der Waals surface area (Å²) in [4.78, 5) is 31.7. The first kappa shape index (κ1) is 17.1. The summed E-state index contributed by atoms with van der Waals surface area (Å²) >= 11 is 0. The van der Waals surface area contributed by atoms with Gasteiger partial charge in [-0.05, 0) is 30.9 Å². The number of aryl methyl sites for hydroxylation is 1. The maximum absolute atomic E-state index is 12.6. The number of ether oxygens (including phenoxy) is 1. The molecule has 3 rings (SSSR count). The van der Waals surface area contributed by atoms with Gasteiger partial charge in [0.05, 0.1) is 11.6 Å². The number of hydrogen-bond donors (Lipinski definition) is 2. The van der Waals surface area contributed by atoms with Crippen molar-refractivity contribution in [2.24, 2.45) is 13.0 Å². The number of pyridine rings is 1. The molecule has 0 aliphatic carbocycles. The number of imidazole rings is 1. The molecule has 8 heteroatoms. The Balaban J connectivity index is 1.80. The summed E-state index contributed by atoms with van der Waals surface area (Å²) in [5.74, 6) is -0.413. The van der Waals surface area contributed by atoms with Crippen LogP contribution in [0.4, 0.5) is 0 Å². The maximum atomic E-state index is 12.6. The molecule has 0 spiro atoms. The second-order valence-electron chi connectivity index (χ2n) is 6.03. The third kappa shape index (κ3) is 3.85. The molecule has 1 atom stereocenters. The third-order valence-electron chi connectivity index (χ3n) is 4.41. The van der Waals surface area contributed by atoms with Crippen LogP contribution < -0.4 is 5.32 Å². The Morgan fingerprint density at radius 1 is 1.32 bits per heavy atom. The summed E-state index contributed by atoms with van der Waals surface area (Å²) < 4.78 is 7.31. The van der Waals surface area contributed by atoms with Crippen molar-refractivity contribution in [2.45, 2.75) is 18.9 Å². The van der Waals surface area contributed by atoms with Gasteiger partial charge in [-0.2, -0.15) is 0 Å². The smallest absolute Gasteiger partial charge is 0.354 e. The molecule has 1 amide bonds. The van der Waals surface area contributed by atoms with Gasteiger partial charge in [0.1, 0.15) is 11.5 Å². The molecule has 3 heterocycles. The van der Waals surface area contributed by atoms with E-state index in [1.807, 2.05) is 17.8 Å². The lowest BCUT2D eigenvalue weighted by Gasteiger charge is -2.30. The molecular weight excluding hydrogens is 324 g/mol. The van der Waals surface area contributed by atoms with Gasteiger partial charge in [-0.25, -0.2) is 14.8 Å². The van der Waals surface area contributed by atoms with Gasteiger partial charge in [0.15, 0.2) is 0 Å². The van der Waals surface area contributed by atoms with Crippen molar-refractivity contribution in [1.29, 1.82) is 0 Å². The second kappa shape index (κ2) is 7.43. The van der Waals surface area contributed by atoms with Crippen LogP contribution in [0.15, 0.2) is 30.7 Å². The van der Waals surface area contributed by atoms with Crippen LogP contribution in [0.25, 0.3) is 0 Å². The maximum Gasteiger partial charge on any atom is 0.354 e. The zero-order chi connectivity index (χ0) is 17.8. The van der Waals surface area contributed by atoms with Crippen molar-refractivity contribution in [3.63, 3.8) is 0 Å². The highest BCUT2D eigenvalue weighted by molar-refractivity contribution is 5.95. The first-order valence-corrected chi connectivity index (χ1v) is 8.11. The van der Waals surface area contributed by atoms with Gasteiger partial charge in [0, 0.05) is 38.9 Å². The van der Waals surface area contributed by atoms with Gasteiger partial charge < -0.3 is 19.7 Å². The first-order valence-electron chi connectivity index (χ1n) is 8.11. The van der Waals surface area contributed by atoms with Gasteiger partial charge in [0.2, 0.25) is 0 Å². The Hall–Kier alpha value is -2.74. The minimum atomic E-state index is -1.12. The fourth-order valence-corrected chi connectivity index (χ4v) is 3.00. The van der Waals surface area contributed by atoms with Gasteiger partial charge in [0.25, 0.3) is 5.91 Å². The van der Waals surface area contributed by atoms with Crippen LogP contribution in [0.1, 0.15) is 45.6 Å². The van der Waals surface area contributed by atoms with E-state index in [0.29, 0.717) is 18.8 Å². The van der Waals surface area contributed by atoms with E-state index >= 15 is 0 Å². The van der Waals surface area contributed by atoms with Crippen LogP contribution in [0, 0.1) is 5.92 Å². The van der Waals surface area contributed by atoms with E-state index in [4.69, 9.17) is 9.84 Å². The monoisotopic (exact) mass is 344 g/mol. The van der Waals surface area contributed by atoms with Gasteiger partial charge >= 0.3 is 5.97 Å². The standard InChI is InChI=1S/C17H20N4O4/c1-21-7-6-18-15(21)14(11-4-8-25-9-5-11)20-16(22)12-2-3-13(17(23)24)19-10-12/h2-3,6-7,10-11,14H,4-5,8-9H2,1H3,(H,20,22)(H,23,24). The Morgan fingerprint density at radius 2 is 2.08 bits per heavy atom. The summed E-state index contributed by atoms with van der Waals surface area (Å²) in [7, 11) is 1.89. The lowest BCUT2D eigenvalue weighted by molar-refractivity contribution is 0.0499. The number of amides is 1. The van der Waals surface area contributed by atoms with Crippen LogP contribution in [0.3, 0.4) is 0 Å². The summed E-state index contributed by atoms with van der Waals surface area (Å²) in [6.07, 6.45) is 6.51. The molecule has 8 nitrogen and oxygen atoms in total. The summed E-state index contributed by atoms with van der Waals surface area (Å²) in [6.45, 7) is 1.33. The Morgan fingerprint density at radius 3 is 2.64 bits per heavy atom. The number of aromatic carboxylic acids is 1. The number of carbonyl (C=O) groups excluding carboxylic acids is 1. The zero-order valence-electron chi connectivity index (χ0n) is 13.9. The number of nitrogens with one attached hydrogen (secondary N) is 1. The molecule has 2 N–H and O–H groups in total. The van der Waals surface area contributed by atoms with Crippen molar-refractivity contribution >= 4 is 11.9 Å². The Bertz CT molecular complexity index is 750. The predicted octanol–water partition coefficient (Wildman–Crippen LogP) is 1.41. The molecule has 2 aromatic heterocycles. The molecule has 1 aliphatic rings. The van der Waals surface area contributed by atoms with Crippen molar-refractivity contribution in [2.75, 3.05) is 13.2 Å². The minimum Gasteiger partial charge on any atom is -0.477 e. The van der Waals surface area contributed by atoms with Crippen molar-refractivity contribution < 1.29 is 19.4 Å². The van der Waals surface area contributed by atoms with Gasteiger partial charge in [-0.3, -0.25) is 4.79 Å². The Labute approximate surface area is 144 Å². The van der Waals surface area contributed by atoms with E-state index in [-0.39, 0.29) is 23.6 Å². The van der Waals surface area contributed by atoms with Gasteiger partial charge in [-0.15, -0.1) is 0 Å². The average molecular weight is 344 g/mol. The van der Waals surface area contributed by atoms with E-state index in [2.05, 4.69) is 15.3 Å². The SMILES string of the molecule is Cn1ccnc1C(NC(=O)c1ccc(C(=O)O)nc1)C1CCOCC1. The van der Waals surface area contributed by atoms with E-state index in [1.54, 1.807) is 6.20 Å². The molecule has 1 unspecified atom stereocenters. The lowest BCUT2D eigenvalue weighted by atomic mass is 9.91. The summed E-state index contributed by atoms with van der Waals surface area (Å²) in [6, 6.07) is 2.54. The highest BCUT2D eigenvalue weighted by atomic mass is 16.5. The number of carboxylic acid groups (broad SMARTS) is 1. The summed E-state index contributed by atoms with van der Waals surface area (Å²) in [5.41, 5.74) is 0.220. The van der Waals surface area contributed by atoms with E-state index in [0.717, 1.165) is 18.7 Å². The quantitative estimate of drug-likeness (QED) is 0.849. The zero-order valence-corrected chi connectivity index (χ0v) is 13.9. The highest BCUT2D eigenvalue weighted by Crippen LogP contribution is 2.29. The van der Waals surface area contributed by atoms with Crippen LogP contribution in [-0.2, 0) is 11.8 Å². The molecule has 2 aromatic rings. The van der Waals surface area contributed by atoms with Crippen LogP contribution in [0.5, 0.6) is 0 Å². The highest BCUT2D eigenvalue weighted by Gasteiger charge is 2.30. The van der Waals surface area contributed by atoms with E-state index in [9.17, 15) is 9.59 Å². The van der Waals surface area contributed by atoms with Crippen LogP contribution in [0.2, 0.25) is 0 Å². The van der Waals surface area contributed by atoms with Gasteiger partial charge in [-0.1, -0.05) is 0 Å². The topological polar surface area (TPSA) is 106 Å². The number of carboxylic acids is 1. The molecule has 0 saturated carbocycles. The van der Waals surface area contributed by atoms with Crippen molar-refractivity contribution in [3.8, 4) is 0 Å². The third-order valence-corrected chi connectivity index (χ3v) is 4.41. The molecular formula is C17H20N4O4. The molecule has 0 bridgehead atoms. The van der Waals surface area contributed by atoms with Crippen LogP contribution in [-0.4, -0.2) is 44.7 Å². The molecule has 1 saturated heterocycles. The minimum absolute atomic E-state index is 0.0957. The fourth-order valence-electron chi connectivity index (χ4n) is 3.00. The fraction of sp³-hybridized carbons (Fsp3) is 0.412. The first-order chi connectivity index (χ1) is 12.1.